The highest BCUT2D eigenvalue weighted by molar-refractivity contribution is 7.80. The summed E-state index contributed by atoms with van der Waals surface area (Å²) < 4.78 is 0. The largest absolute Gasteiger partial charge is 0.375 e. The molecule has 2 aromatic rings. The zero-order chi connectivity index (χ0) is 15.8. The Bertz CT molecular complexity index is 823. The number of hydrogen-bond donors (Lipinski definition) is 2. The molecule has 4 heteroatoms. The summed E-state index contributed by atoms with van der Waals surface area (Å²) in [6.07, 6.45) is 5.90. The van der Waals surface area contributed by atoms with Crippen LogP contribution in [0, 0.1) is 0 Å². The van der Waals surface area contributed by atoms with Crippen LogP contribution < -0.4 is 11.2 Å². The number of thiocarbonyl (C=S) groups is 1. The molecule has 0 saturated heterocycles. The second kappa shape index (κ2) is 5.78. The van der Waals surface area contributed by atoms with Crippen LogP contribution in [0.5, 0.6) is 0 Å². The first-order chi connectivity index (χ1) is 11.2. The van der Waals surface area contributed by atoms with Gasteiger partial charge in [-0.05, 0) is 72.6 Å². The van der Waals surface area contributed by atoms with E-state index in [0.717, 1.165) is 12.1 Å². The molecule has 0 unspecified atom stereocenters. The van der Waals surface area contributed by atoms with E-state index in [1.807, 2.05) is 0 Å². The van der Waals surface area contributed by atoms with Crippen LogP contribution >= 0.6 is 12.2 Å². The molecule has 4 rings (SSSR count). The molecule has 0 aromatic heterocycles. The molecule has 3 N–H and O–H groups in total. The molecular formula is C19H19N3S. The number of rotatable bonds is 1. The fourth-order valence-corrected chi connectivity index (χ4v) is 3.74. The molecule has 3 nitrogen and oxygen atoms in total. The second-order valence-electron chi connectivity index (χ2n) is 6.26. The first kappa shape index (κ1) is 14.4. The molecule has 0 aliphatic heterocycles. The minimum atomic E-state index is 0.195. The van der Waals surface area contributed by atoms with E-state index in [4.69, 9.17) is 18.0 Å². The predicted octanol–water partition coefficient (Wildman–Crippen LogP) is 3.06. The Labute approximate surface area is 141 Å². The number of nitrogens with one attached hydrogen (secondary N) is 1. The average molecular weight is 321 g/mol. The van der Waals surface area contributed by atoms with E-state index < -0.39 is 0 Å². The van der Waals surface area contributed by atoms with Gasteiger partial charge in [0.2, 0.25) is 0 Å². The van der Waals surface area contributed by atoms with Crippen molar-refractivity contribution >= 4 is 23.0 Å². The van der Waals surface area contributed by atoms with Gasteiger partial charge in [-0.1, -0.05) is 30.3 Å². The number of aryl methyl sites for hydroxylation is 2. The summed E-state index contributed by atoms with van der Waals surface area (Å²) in [5.74, 6) is 0. The van der Waals surface area contributed by atoms with E-state index in [2.05, 4.69) is 46.9 Å². The van der Waals surface area contributed by atoms with Gasteiger partial charge >= 0.3 is 0 Å². The van der Waals surface area contributed by atoms with Gasteiger partial charge in [0.15, 0.2) is 5.11 Å². The van der Waals surface area contributed by atoms with Gasteiger partial charge in [-0.2, -0.15) is 5.10 Å². The maximum Gasteiger partial charge on any atom is 0.184 e. The number of benzene rings is 2. The summed E-state index contributed by atoms with van der Waals surface area (Å²) in [5.41, 5.74) is 17.3. The van der Waals surface area contributed by atoms with Crippen LogP contribution in [0.15, 0.2) is 41.5 Å². The molecule has 2 aliphatic carbocycles. The van der Waals surface area contributed by atoms with Gasteiger partial charge in [0.25, 0.3) is 0 Å². The fraction of sp³-hybridized carbons (Fsp3) is 0.263. The third-order valence-corrected chi connectivity index (χ3v) is 4.85. The highest BCUT2D eigenvalue weighted by Gasteiger charge is 2.24. The Morgan fingerprint density at radius 2 is 1.70 bits per heavy atom. The zero-order valence-electron chi connectivity index (χ0n) is 12.9. The maximum absolute atomic E-state index is 5.57. The smallest absolute Gasteiger partial charge is 0.184 e. The molecule has 23 heavy (non-hydrogen) atoms. The van der Waals surface area contributed by atoms with Crippen molar-refractivity contribution in [3.05, 3.63) is 69.8 Å². The summed E-state index contributed by atoms with van der Waals surface area (Å²) in [6.45, 7) is 0. The first-order valence-corrected chi connectivity index (χ1v) is 8.49. The van der Waals surface area contributed by atoms with Crippen molar-refractivity contribution in [3.8, 4) is 0 Å². The third-order valence-electron chi connectivity index (χ3n) is 4.75. The highest BCUT2D eigenvalue weighted by atomic mass is 32.1. The van der Waals surface area contributed by atoms with Crippen molar-refractivity contribution in [2.24, 2.45) is 10.8 Å². The summed E-state index contributed by atoms with van der Waals surface area (Å²) in [5, 5.41) is 4.71. The van der Waals surface area contributed by atoms with Gasteiger partial charge in [0, 0.05) is 11.1 Å². The minimum Gasteiger partial charge on any atom is -0.375 e. The normalized spacial score (nSPS) is 17.1. The van der Waals surface area contributed by atoms with Crippen LogP contribution in [0.25, 0.3) is 0 Å². The van der Waals surface area contributed by atoms with Crippen LogP contribution in [0.3, 0.4) is 0 Å². The predicted molar refractivity (Wildman–Crippen MR) is 97.9 cm³/mol. The zero-order valence-corrected chi connectivity index (χ0v) is 13.7. The van der Waals surface area contributed by atoms with Gasteiger partial charge in [-0.15, -0.1) is 0 Å². The Kier molecular flexibility index (Phi) is 3.62. The molecule has 2 aliphatic rings. The Morgan fingerprint density at radius 1 is 0.957 bits per heavy atom. The van der Waals surface area contributed by atoms with Crippen LogP contribution in [-0.2, 0) is 19.3 Å². The van der Waals surface area contributed by atoms with Crippen LogP contribution in [0.2, 0.25) is 0 Å². The van der Waals surface area contributed by atoms with Gasteiger partial charge < -0.3 is 5.73 Å². The summed E-state index contributed by atoms with van der Waals surface area (Å²) in [6, 6.07) is 13.2. The standard InChI is InChI=1S/C19H19N3S/c20-19(23)22-21-18-16-8-4-3-7-14(16)10-15-9-12-5-1-2-6-13(12)11-17(15)18/h3-4,7-9,11H,1-2,5-6,10H2,(H3,20,22,23). The lowest BCUT2D eigenvalue weighted by atomic mass is 9.80. The van der Waals surface area contributed by atoms with Crippen molar-refractivity contribution in [1.82, 2.24) is 5.43 Å². The number of hydrazone groups is 1. The third kappa shape index (κ3) is 2.63. The van der Waals surface area contributed by atoms with Crippen LogP contribution in [-0.4, -0.2) is 10.8 Å². The topological polar surface area (TPSA) is 50.4 Å². The lowest BCUT2D eigenvalue weighted by Crippen LogP contribution is -2.27. The van der Waals surface area contributed by atoms with Crippen LogP contribution in [0.1, 0.15) is 46.2 Å². The first-order valence-electron chi connectivity index (χ1n) is 8.09. The molecule has 0 fully saturated rings. The number of fused-ring (bicyclic) bond motifs is 3. The molecule has 0 atom stereocenters. The molecule has 116 valence electrons. The molecular weight excluding hydrogens is 302 g/mol. The van der Waals surface area contributed by atoms with Gasteiger partial charge in [-0.3, -0.25) is 5.43 Å². The lowest BCUT2D eigenvalue weighted by Gasteiger charge is -2.25. The molecule has 0 spiro atoms. The number of nitrogens with zero attached hydrogens (tertiary/aromatic N) is 1. The van der Waals surface area contributed by atoms with Gasteiger partial charge in [-0.25, -0.2) is 0 Å². The summed E-state index contributed by atoms with van der Waals surface area (Å²) in [4.78, 5) is 0. The fourth-order valence-electron chi connectivity index (χ4n) is 3.69. The number of hydrogen-bond acceptors (Lipinski definition) is 2. The highest BCUT2D eigenvalue weighted by Crippen LogP contribution is 2.32. The van der Waals surface area contributed by atoms with Crippen LogP contribution in [0.4, 0.5) is 0 Å². The molecule has 0 radical (unpaired) electrons. The van der Waals surface area contributed by atoms with Crippen molar-refractivity contribution in [2.45, 2.75) is 32.1 Å². The van der Waals surface area contributed by atoms with Gasteiger partial charge in [0.05, 0.1) is 5.71 Å². The van der Waals surface area contributed by atoms with E-state index in [9.17, 15) is 0 Å². The number of nitrogens with two attached hydrogens (primary N) is 1. The SMILES string of the molecule is NC(=S)NN=C1c2ccccc2Cc2cc3c(cc21)CCCC3. The van der Waals surface area contributed by atoms with E-state index in [1.54, 1.807) is 0 Å². The quantitative estimate of drug-likeness (QED) is 0.535. The average Bonchev–Trinajstić information content (AvgIpc) is 2.56. The summed E-state index contributed by atoms with van der Waals surface area (Å²) >= 11 is 4.92. The lowest BCUT2D eigenvalue weighted by molar-refractivity contribution is 0.684. The molecule has 0 heterocycles. The van der Waals surface area contributed by atoms with Crippen molar-refractivity contribution in [2.75, 3.05) is 0 Å². The Morgan fingerprint density at radius 3 is 2.48 bits per heavy atom. The second-order valence-corrected chi connectivity index (χ2v) is 6.70. The Hall–Kier alpha value is -2.20. The minimum absolute atomic E-state index is 0.195. The van der Waals surface area contributed by atoms with Crippen molar-refractivity contribution in [3.63, 3.8) is 0 Å². The van der Waals surface area contributed by atoms with Gasteiger partial charge in [0.1, 0.15) is 0 Å². The van der Waals surface area contributed by atoms with E-state index >= 15 is 0 Å². The monoisotopic (exact) mass is 321 g/mol. The van der Waals surface area contributed by atoms with Crippen molar-refractivity contribution < 1.29 is 0 Å². The Balaban J connectivity index is 1.88. The summed E-state index contributed by atoms with van der Waals surface area (Å²) in [7, 11) is 0. The molecule has 0 bridgehead atoms. The maximum atomic E-state index is 5.57. The molecule has 2 aromatic carbocycles. The van der Waals surface area contributed by atoms with E-state index in [1.165, 1.54) is 59.1 Å². The molecule has 0 amide bonds. The van der Waals surface area contributed by atoms with E-state index in [-0.39, 0.29) is 5.11 Å². The van der Waals surface area contributed by atoms with Crippen molar-refractivity contribution in [1.29, 1.82) is 0 Å². The molecule has 0 saturated carbocycles. The van der Waals surface area contributed by atoms with E-state index in [0.29, 0.717) is 0 Å².